The van der Waals surface area contributed by atoms with Gasteiger partial charge in [-0.05, 0) is 48.5 Å². The molecule has 0 saturated carbocycles. The minimum Gasteiger partial charge on any atom is -0.490 e. The predicted molar refractivity (Wildman–Crippen MR) is 106 cm³/mol. The van der Waals surface area contributed by atoms with Gasteiger partial charge in [-0.3, -0.25) is 0 Å². The van der Waals surface area contributed by atoms with Crippen LogP contribution in [0.25, 0.3) is 0 Å². The van der Waals surface area contributed by atoms with Gasteiger partial charge in [0.15, 0.2) is 0 Å². The molecule has 0 aliphatic carbocycles. The summed E-state index contributed by atoms with van der Waals surface area (Å²) in [5.41, 5.74) is 0. The van der Waals surface area contributed by atoms with E-state index in [2.05, 4.69) is 13.2 Å². The Morgan fingerprint density at radius 2 is 0.966 bits per heavy atom. The van der Waals surface area contributed by atoms with Gasteiger partial charge < -0.3 is 23.7 Å². The quantitative estimate of drug-likeness (QED) is 0.306. The van der Waals surface area contributed by atoms with Crippen molar-refractivity contribution < 1.29 is 33.3 Å². The fraction of sp³-hybridized carbons (Fsp3) is 0.182. The smallest absolute Gasteiger partial charge is 0.330 e. The first-order valence-corrected chi connectivity index (χ1v) is 8.82. The van der Waals surface area contributed by atoms with Crippen molar-refractivity contribution >= 4 is 11.9 Å². The van der Waals surface area contributed by atoms with Crippen LogP contribution in [0.5, 0.6) is 23.0 Å². The Bertz CT molecular complexity index is 741. The second-order valence-corrected chi connectivity index (χ2v) is 5.49. The highest BCUT2D eigenvalue weighted by molar-refractivity contribution is 5.81. The van der Waals surface area contributed by atoms with E-state index in [9.17, 15) is 9.59 Å². The molecule has 2 rings (SSSR count). The van der Waals surface area contributed by atoms with Crippen LogP contribution in [0.3, 0.4) is 0 Å². The van der Waals surface area contributed by atoms with Crippen molar-refractivity contribution in [3.05, 3.63) is 73.8 Å². The van der Waals surface area contributed by atoms with Crippen LogP contribution in [0.15, 0.2) is 73.8 Å². The van der Waals surface area contributed by atoms with Crippen LogP contribution in [-0.4, -0.2) is 38.4 Å². The topological polar surface area (TPSA) is 80.3 Å². The summed E-state index contributed by atoms with van der Waals surface area (Å²) in [4.78, 5) is 21.8. The number of hydrogen-bond donors (Lipinski definition) is 0. The largest absolute Gasteiger partial charge is 0.490 e. The lowest BCUT2D eigenvalue weighted by Crippen LogP contribution is -2.10. The minimum atomic E-state index is -0.482. The monoisotopic (exact) mass is 398 g/mol. The van der Waals surface area contributed by atoms with Crippen molar-refractivity contribution in [2.45, 2.75) is 0 Å². The second kappa shape index (κ2) is 11.9. The maximum absolute atomic E-state index is 10.9. The Morgan fingerprint density at radius 3 is 1.31 bits per heavy atom. The molecule has 7 heteroatoms. The van der Waals surface area contributed by atoms with Gasteiger partial charge in [0.2, 0.25) is 0 Å². The molecule has 0 aromatic heterocycles. The lowest BCUT2D eigenvalue weighted by atomic mass is 10.3. The molecular weight excluding hydrogens is 376 g/mol. The second-order valence-electron chi connectivity index (χ2n) is 5.49. The Balaban J connectivity index is 1.73. The number of ether oxygens (including phenoxy) is 5. The van der Waals surface area contributed by atoms with Crippen LogP contribution in [0.2, 0.25) is 0 Å². The molecule has 0 saturated heterocycles. The van der Waals surface area contributed by atoms with E-state index in [4.69, 9.17) is 23.7 Å². The number of rotatable bonds is 12. The molecule has 0 amide bonds. The SMILES string of the molecule is C=CC(=O)OCCOc1ccc(Oc2ccc(OCCOC(=O)C=C)cc2)cc1. The van der Waals surface area contributed by atoms with Gasteiger partial charge >= 0.3 is 11.9 Å². The van der Waals surface area contributed by atoms with Crippen LogP contribution < -0.4 is 14.2 Å². The van der Waals surface area contributed by atoms with E-state index >= 15 is 0 Å². The van der Waals surface area contributed by atoms with E-state index in [1.807, 2.05) is 0 Å². The highest BCUT2D eigenvalue weighted by Gasteiger charge is 2.02. The van der Waals surface area contributed by atoms with Crippen molar-refractivity contribution in [2.24, 2.45) is 0 Å². The average Bonchev–Trinajstić information content (AvgIpc) is 2.76. The zero-order chi connectivity index (χ0) is 20.9. The highest BCUT2D eigenvalue weighted by Crippen LogP contribution is 2.25. The van der Waals surface area contributed by atoms with Gasteiger partial charge in [0, 0.05) is 12.2 Å². The number of benzene rings is 2. The summed E-state index contributed by atoms with van der Waals surface area (Å²) in [6.07, 6.45) is 2.21. The highest BCUT2D eigenvalue weighted by atomic mass is 16.6. The number of carbonyl (C=O) groups excluding carboxylic acids is 2. The van der Waals surface area contributed by atoms with E-state index in [0.29, 0.717) is 23.0 Å². The van der Waals surface area contributed by atoms with E-state index in [-0.39, 0.29) is 26.4 Å². The average molecular weight is 398 g/mol. The summed E-state index contributed by atoms with van der Waals surface area (Å²) in [5.74, 6) is 1.58. The molecule has 0 unspecified atom stereocenters. The van der Waals surface area contributed by atoms with Gasteiger partial charge in [0.25, 0.3) is 0 Å². The maximum Gasteiger partial charge on any atom is 0.330 e. The lowest BCUT2D eigenvalue weighted by Gasteiger charge is -2.10. The fourth-order valence-electron chi connectivity index (χ4n) is 2.07. The van der Waals surface area contributed by atoms with Crippen LogP contribution >= 0.6 is 0 Å². The first kappa shape index (κ1) is 21.6. The van der Waals surface area contributed by atoms with Crippen LogP contribution in [-0.2, 0) is 19.1 Å². The van der Waals surface area contributed by atoms with E-state index in [0.717, 1.165) is 12.2 Å². The molecule has 0 fully saturated rings. The van der Waals surface area contributed by atoms with Crippen molar-refractivity contribution in [3.63, 3.8) is 0 Å². The van der Waals surface area contributed by atoms with Gasteiger partial charge in [-0.1, -0.05) is 13.2 Å². The van der Waals surface area contributed by atoms with Gasteiger partial charge in [-0.15, -0.1) is 0 Å². The normalized spacial score (nSPS) is 9.79. The number of carbonyl (C=O) groups is 2. The molecule has 7 nitrogen and oxygen atoms in total. The summed E-state index contributed by atoms with van der Waals surface area (Å²) in [6, 6.07) is 14.1. The summed E-state index contributed by atoms with van der Waals surface area (Å²) < 4.78 is 26.4. The molecule has 152 valence electrons. The zero-order valence-corrected chi connectivity index (χ0v) is 15.9. The van der Waals surface area contributed by atoms with Crippen LogP contribution in [0.1, 0.15) is 0 Å². The Morgan fingerprint density at radius 1 is 0.621 bits per heavy atom. The number of esters is 2. The molecule has 2 aromatic rings. The molecule has 0 aliphatic heterocycles. The molecule has 0 radical (unpaired) electrons. The van der Waals surface area contributed by atoms with Gasteiger partial charge in [0.1, 0.15) is 49.4 Å². The third-order valence-electron chi connectivity index (χ3n) is 3.41. The molecule has 2 aromatic carbocycles. The molecule has 0 aliphatic rings. The first-order valence-electron chi connectivity index (χ1n) is 8.82. The third kappa shape index (κ3) is 8.21. The Kier molecular flexibility index (Phi) is 8.82. The van der Waals surface area contributed by atoms with Crippen molar-refractivity contribution in [1.82, 2.24) is 0 Å². The van der Waals surface area contributed by atoms with Gasteiger partial charge in [-0.2, -0.15) is 0 Å². The van der Waals surface area contributed by atoms with Crippen LogP contribution in [0.4, 0.5) is 0 Å². The van der Waals surface area contributed by atoms with Crippen LogP contribution in [0, 0.1) is 0 Å². The zero-order valence-electron chi connectivity index (χ0n) is 15.9. The van der Waals surface area contributed by atoms with Crippen molar-refractivity contribution in [1.29, 1.82) is 0 Å². The summed E-state index contributed by atoms with van der Waals surface area (Å²) >= 11 is 0. The Labute approximate surface area is 169 Å². The van der Waals surface area contributed by atoms with E-state index in [1.165, 1.54) is 0 Å². The molecule has 29 heavy (non-hydrogen) atoms. The summed E-state index contributed by atoms with van der Waals surface area (Å²) in [6.45, 7) is 7.41. The lowest BCUT2D eigenvalue weighted by molar-refractivity contribution is -0.139. The first-order chi connectivity index (χ1) is 14.1. The molecule has 0 heterocycles. The predicted octanol–water partition coefficient (Wildman–Crippen LogP) is 3.69. The Hall–Kier alpha value is -3.74. The van der Waals surface area contributed by atoms with E-state index in [1.54, 1.807) is 48.5 Å². The van der Waals surface area contributed by atoms with E-state index < -0.39 is 11.9 Å². The van der Waals surface area contributed by atoms with Crippen molar-refractivity contribution in [2.75, 3.05) is 26.4 Å². The fourth-order valence-corrected chi connectivity index (χ4v) is 2.07. The summed E-state index contributed by atoms with van der Waals surface area (Å²) in [7, 11) is 0. The summed E-state index contributed by atoms with van der Waals surface area (Å²) in [5, 5.41) is 0. The van der Waals surface area contributed by atoms with Crippen molar-refractivity contribution in [3.8, 4) is 23.0 Å². The minimum absolute atomic E-state index is 0.147. The van der Waals surface area contributed by atoms with Gasteiger partial charge in [0.05, 0.1) is 0 Å². The van der Waals surface area contributed by atoms with Gasteiger partial charge in [-0.25, -0.2) is 9.59 Å². The molecule has 0 spiro atoms. The molecular formula is C22H22O7. The maximum atomic E-state index is 10.9. The standard InChI is InChI=1S/C22H22O7/c1-3-21(23)27-15-13-25-17-5-9-19(10-6-17)29-20-11-7-18(8-12-20)26-14-16-28-22(24)4-2/h3-12H,1-2,13-16H2. The molecule has 0 N–H and O–H groups in total. The molecule has 0 bridgehead atoms. The third-order valence-corrected chi connectivity index (χ3v) is 3.41. The number of hydrogen-bond acceptors (Lipinski definition) is 7. The molecule has 0 atom stereocenters.